The van der Waals surface area contributed by atoms with Crippen molar-refractivity contribution in [3.05, 3.63) is 82.8 Å². The molecule has 26 heavy (non-hydrogen) atoms. The number of nitrogens with zero attached hydrogens (tertiary/aromatic N) is 2. The first kappa shape index (κ1) is 18.0. The smallest absolute Gasteiger partial charge is 0.227 e. The fourth-order valence-electron chi connectivity index (χ4n) is 2.70. The normalized spacial score (nSPS) is 10.5. The van der Waals surface area contributed by atoms with Crippen LogP contribution in [-0.4, -0.2) is 16.7 Å². The number of hydrogen-bond acceptors (Lipinski definition) is 4. The van der Waals surface area contributed by atoms with Gasteiger partial charge in [0.2, 0.25) is 5.91 Å². The zero-order valence-corrected chi connectivity index (χ0v) is 15.2. The van der Waals surface area contributed by atoms with Gasteiger partial charge in [0.15, 0.2) is 5.78 Å². The van der Waals surface area contributed by atoms with E-state index in [1.807, 2.05) is 60.0 Å². The van der Waals surface area contributed by atoms with E-state index in [-0.39, 0.29) is 11.7 Å². The molecule has 0 spiro atoms. The molecule has 0 aliphatic rings. The minimum Gasteiger partial charge on any atom is -0.308 e. The summed E-state index contributed by atoms with van der Waals surface area (Å²) in [6, 6.07) is 17.1. The fraction of sp³-hybridized carbons (Fsp3) is 0.190. The number of anilines is 1. The Morgan fingerprint density at radius 2 is 1.81 bits per heavy atom. The molecule has 132 valence electrons. The lowest BCUT2D eigenvalue weighted by molar-refractivity contribution is -0.118. The molecule has 1 amide bonds. The van der Waals surface area contributed by atoms with Crippen molar-refractivity contribution < 1.29 is 9.59 Å². The predicted octanol–water partition coefficient (Wildman–Crippen LogP) is 4.73. The number of aromatic nitrogens is 1. The number of Topliss-reactive ketones (excluding diaryl/α,β-unsaturated/α-hetero) is 1. The second-order valence-electron chi connectivity index (χ2n) is 5.93. The van der Waals surface area contributed by atoms with Gasteiger partial charge in [0.25, 0.3) is 0 Å². The second kappa shape index (κ2) is 9.06. The molecule has 1 aromatic carbocycles. The fourth-order valence-corrected chi connectivity index (χ4v) is 3.40. The third-order valence-corrected chi connectivity index (χ3v) is 4.93. The molecule has 3 aromatic rings. The van der Waals surface area contributed by atoms with E-state index in [0.29, 0.717) is 25.8 Å². The first-order valence-corrected chi connectivity index (χ1v) is 9.43. The first-order valence-electron chi connectivity index (χ1n) is 8.55. The Hall–Kier alpha value is -2.79. The molecule has 4 nitrogen and oxygen atoms in total. The van der Waals surface area contributed by atoms with E-state index in [2.05, 4.69) is 4.98 Å². The lowest BCUT2D eigenvalue weighted by Crippen LogP contribution is -2.30. The molecular formula is C21H20N2O2S. The lowest BCUT2D eigenvalue weighted by atomic mass is 10.1. The zero-order valence-electron chi connectivity index (χ0n) is 14.4. The van der Waals surface area contributed by atoms with Gasteiger partial charge in [-0.05, 0) is 41.6 Å². The van der Waals surface area contributed by atoms with E-state index >= 15 is 0 Å². The van der Waals surface area contributed by atoms with E-state index in [1.54, 1.807) is 17.3 Å². The molecule has 5 heteroatoms. The summed E-state index contributed by atoms with van der Waals surface area (Å²) < 4.78 is 0. The van der Waals surface area contributed by atoms with Crippen molar-refractivity contribution in [2.24, 2.45) is 0 Å². The number of pyridine rings is 1. The predicted molar refractivity (Wildman–Crippen MR) is 104 cm³/mol. The summed E-state index contributed by atoms with van der Waals surface area (Å²) in [5.74, 6) is 0.116. The SMILES string of the molecule is O=C(CCCC(=O)N(Cc1cccnc1)c1ccccc1)c1cccs1. The molecule has 3 rings (SSSR count). The number of thiophene rings is 1. The van der Waals surface area contributed by atoms with E-state index < -0.39 is 0 Å². The van der Waals surface area contributed by atoms with Gasteiger partial charge in [-0.1, -0.05) is 30.3 Å². The summed E-state index contributed by atoms with van der Waals surface area (Å²) in [5.41, 5.74) is 1.82. The van der Waals surface area contributed by atoms with Crippen molar-refractivity contribution in [3.8, 4) is 0 Å². The van der Waals surface area contributed by atoms with Crippen LogP contribution in [-0.2, 0) is 11.3 Å². The molecule has 0 aliphatic carbocycles. The van der Waals surface area contributed by atoms with Crippen LogP contribution in [0.1, 0.15) is 34.5 Å². The zero-order chi connectivity index (χ0) is 18.2. The molecule has 0 atom stereocenters. The van der Waals surface area contributed by atoms with Gasteiger partial charge < -0.3 is 4.90 Å². The van der Waals surface area contributed by atoms with Gasteiger partial charge in [-0.3, -0.25) is 14.6 Å². The van der Waals surface area contributed by atoms with Gasteiger partial charge in [0, 0.05) is 30.9 Å². The standard InChI is InChI=1S/C21H20N2O2S/c24-19(20-11-6-14-26-20)10-4-12-21(25)23(18-8-2-1-3-9-18)16-17-7-5-13-22-15-17/h1-3,5-9,11,13-15H,4,10,12,16H2. The van der Waals surface area contributed by atoms with Crippen molar-refractivity contribution in [2.75, 3.05) is 4.90 Å². The maximum Gasteiger partial charge on any atom is 0.227 e. The maximum atomic E-state index is 12.8. The van der Waals surface area contributed by atoms with Crippen LogP contribution in [0.2, 0.25) is 0 Å². The molecule has 0 saturated carbocycles. The number of benzene rings is 1. The molecular weight excluding hydrogens is 344 g/mol. The van der Waals surface area contributed by atoms with Crippen LogP contribution in [0.5, 0.6) is 0 Å². The Labute approximate surface area is 157 Å². The molecule has 0 saturated heterocycles. The second-order valence-corrected chi connectivity index (χ2v) is 6.88. The van der Waals surface area contributed by atoms with E-state index in [9.17, 15) is 9.59 Å². The minimum absolute atomic E-state index is 0.0130. The Kier molecular flexibility index (Phi) is 6.28. The largest absolute Gasteiger partial charge is 0.308 e. The van der Waals surface area contributed by atoms with Crippen molar-refractivity contribution in [3.63, 3.8) is 0 Å². The summed E-state index contributed by atoms with van der Waals surface area (Å²) in [6.07, 6.45) is 4.76. The van der Waals surface area contributed by atoms with Crippen molar-refractivity contribution >= 4 is 28.7 Å². The maximum absolute atomic E-state index is 12.8. The van der Waals surface area contributed by atoms with Gasteiger partial charge in [0.1, 0.15) is 0 Å². The van der Waals surface area contributed by atoms with Crippen molar-refractivity contribution in [2.45, 2.75) is 25.8 Å². The molecule has 0 radical (unpaired) electrons. The van der Waals surface area contributed by atoms with Gasteiger partial charge >= 0.3 is 0 Å². The van der Waals surface area contributed by atoms with Crippen LogP contribution < -0.4 is 4.90 Å². The third kappa shape index (κ3) is 4.86. The van der Waals surface area contributed by atoms with Gasteiger partial charge in [-0.2, -0.15) is 0 Å². The molecule has 2 aromatic heterocycles. The molecule has 0 fully saturated rings. The van der Waals surface area contributed by atoms with Crippen LogP contribution in [0.3, 0.4) is 0 Å². The van der Waals surface area contributed by atoms with Crippen LogP contribution in [0.4, 0.5) is 5.69 Å². The average molecular weight is 364 g/mol. The van der Waals surface area contributed by atoms with E-state index in [4.69, 9.17) is 0 Å². The minimum atomic E-state index is 0.0130. The highest BCUT2D eigenvalue weighted by atomic mass is 32.1. The summed E-state index contributed by atoms with van der Waals surface area (Å²) in [7, 11) is 0. The Morgan fingerprint density at radius 1 is 0.962 bits per heavy atom. The Balaban J connectivity index is 1.64. The Morgan fingerprint density at radius 3 is 2.50 bits per heavy atom. The number of para-hydroxylation sites is 1. The highest BCUT2D eigenvalue weighted by Gasteiger charge is 2.17. The van der Waals surface area contributed by atoms with E-state index in [0.717, 1.165) is 16.1 Å². The molecule has 0 N–H and O–H groups in total. The summed E-state index contributed by atoms with van der Waals surface area (Å²) in [4.78, 5) is 31.5. The van der Waals surface area contributed by atoms with Gasteiger partial charge in [-0.25, -0.2) is 0 Å². The van der Waals surface area contributed by atoms with Gasteiger partial charge in [0.05, 0.1) is 11.4 Å². The molecule has 0 bridgehead atoms. The summed E-state index contributed by atoms with van der Waals surface area (Å²) >= 11 is 1.44. The molecule has 0 aliphatic heterocycles. The van der Waals surface area contributed by atoms with Crippen LogP contribution in [0.25, 0.3) is 0 Å². The summed E-state index contributed by atoms with van der Waals surface area (Å²) in [6.45, 7) is 0.468. The van der Waals surface area contributed by atoms with Crippen molar-refractivity contribution in [1.82, 2.24) is 4.98 Å². The van der Waals surface area contributed by atoms with Crippen molar-refractivity contribution in [1.29, 1.82) is 0 Å². The molecule has 0 unspecified atom stereocenters. The highest BCUT2D eigenvalue weighted by molar-refractivity contribution is 7.12. The number of carbonyl (C=O) groups excluding carboxylic acids is 2. The lowest BCUT2D eigenvalue weighted by Gasteiger charge is -2.23. The van der Waals surface area contributed by atoms with Crippen LogP contribution in [0, 0.1) is 0 Å². The van der Waals surface area contributed by atoms with E-state index in [1.165, 1.54) is 11.3 Å². The monoisotopic (exact) mass is 364 g/mol. The topological polar surface area (TPSA) is 50.3 Å². The number of carbonyl (C=O) groups is 2. The third-order valence-electron chi connectivity index (χ3n) is 4.02. The Bertz CT molecular complexity index is 833. The summed E-state index contributed by atoms with van der Waals surface area (Å²) in [5, 5.41) is 1.89. The number of hydrogen-bond donors (Lipinski definition) is 0. The quantitative estimate of drug-likeness (QED) is 0.543. The molecule has 2 heterocycles. The van der Waals surface area contributed by atoms with Crippen LogP contribution >= 0.6 is 11.3 Å². The van der Waals surface area contributed by atoms with Gasteiger partial charge in [-0.15, -0.1) is 11.3 Å². The number of rotatable bonds is 8. The number of amides is 1. The number of ketones is 1. The highest BCUT2D eigenvalue weighted by Crippen LogP contribution is 2.19. The average Bonchev–Trinajstić information content (AvgIpc) is 3.22. The van der Waals surface area contributed by atoms with Crippen LogP contribution in [0.15, 0.2) is 72.4 Å². The first-order chi connectivity index (χ1) is 12.7.